The van der Waals surface area contributed by atoms with Gasteiger partial charge in [-0.15, -0.1) is 0 Å². The lowest BCUT2D eigenvalue weighted by atomic mass is 10.0. The van der Waals surface area contributed by atoms with Crippen LogP contribution >= 0.6 is 0 Å². The molecule has 27 heavy (non-hydrogen) atoms. The Morgan fingerprint density at radius 2 is 1.89 bits per heavy atom. The second-order valence-corrected chi connectivity index (χ2v) is 7.34. The Bertz CT molecular complexity index is 1090. The maximum absolute atomic E-state index is 13.0. The SMILES string of the molecule is CCn1c(=O)cc(C2CC2)c2cc(N(C)C(=O)c3ccccc3C)ccc21. The molecule has 0 radical (unpaired) electrons. The summed E-state index contributed by atoms with van der Waals surface area (Å²) in [5.74, 6) is 0.448. The Hall–Kier alpha value is -2.88. The van der Waals surface area contributed by atoms with Crippen LogP contribution in [0.3, 0.4) is 0 Å². The van der Waals surface area contributed by atoms with Crippen molar-refractivity contribution in [3.8, 4) is 0 Å². The van der Waals surface area contributed by atoms with Gasteiger partial charge in [0.1, 0.15) is 0 Å². The number of hydrogen-bond donors (Lipinski definition) is 0. The Balaban J connectivity index is 1.82. The molecule has 4 rings (SSSR count). The molecule has 1 aliphatic carbocycles. The van der Waals surface area contributed by atoms with E-state index in [1.165, 1.54) is 0 Å². The quantitative estimate of drug-likeness (QED) is 0.688. The van der Waals surface area contributed by atoms with Gasteiger partial charge in [-0.2, -0.15) is 0 Å². The molecule has 1 saturated carbocycles. The van der Waals surface area contributed by atoms with Crippen molar-refractivity contribution in [2.24, 2.45) is 0 Å². The lowest BCUT2D eigenvalue weighted by Gasteiger charge is -2.20. The first-order valence-electron chi connectivity index (χ1n) is 9.52. The van der Waals surface area contributed by atoms with E-state index >= 15 is 0 Å². The van der Waals surface area contributed by atoms with E-state index in [0.717, 1.165) is 40.6 Å². The van der Waals surface area contributed by atoms with Crippen LogP contribution in [0.1, 0.15) is 47.2 Å². The summed E-state index contributed by atoms with van der Waals surface area (Å²) in [6, 6.07) is 15.4. The van der Waals surface area contributed by atoms with Gasteiger partial charge in [0.2, 0.25) is 0 Å². The van der Waals surface area contributed by atoms with Gasteiger partial charge in [-0.1, -0.05) is 18.2 Å². The fraction of sp³-hybridized carbons (Fsp3) is 0.304. The molecule has 4 nitrogen and oxygen atoms in total. The van der Waals surface area contributed by atoms with Gasteiger partial charge in [0.05, 0.1) is 5.52 Å². The molecule has 0 unspecified atom stereocenters. The zero-order valence-electron chi connectivity index (χ0n) is 16.0. The highest BCUT2D eigenvalue weighted by Crippen LogP contribution is 2.43. The van der Waals surface area contributed by atoms with Crippen LogP contribution in [0.25, 0.3) is 10.9 Å². The minimum absolute atomic E-state index is 0.0239. The van der Waals surface area contributed by atoms with Gasteiger partial charge in [0.15, 0.2) is 0 Å². The van der Waals surface area contributed by atoms with Crippen LogP contribution in [0.5, 0.6) is 0 Å². The number of fused-ring (bicyclic) bond motifs is 1. The van der Waals surface area contributed by atoms with Crippen LogP contribution in [0.2, 0.25) is 0 Å². The van der Waals surface area contributed by atoms with Gasteiger partial charge >= 0.3 is 0 Å². The predicted molar refractivity (Wildman–Crippen MR) is 110 cm³/mol. The van der Waals surface area contributed by atoms with Gasteiger partial charge < -0.3 is 9.47 Å². The molecule has 4 heteroatoms. The molecule has 1 aliphatic rings. The molecule has 1 aromatic heterocycles. The third-order valence-corrected chi connectivity index (χ3v) is 5.53. The number of pyridine rings is 1. The van der Waals surface area contributed by atoms with Crippen molar-refractivity contribution in [3.05, 3.63) is 75.6 Å². The predicted octanol–water partition coefficient (Wildman–Crippen LogP) is 4.48. The number of rotatable bonds is 4. The maximum Gasteiger partial charge on any atom is 0.258 e. The fourth-order valence-corrected chi connectivity index (χ4v) is 3.78. The topological polar surface area (TPSA) is 42.3 Å². The first-order chi connectivity index (χ1) is 13.0. The molecule has 0 spiro atoms. The molecule has 0 N–H and O–H groups in total. The monoisotopic (exact) mass is 360 g/mol. The molecule has 0 atom stereocenters. The van der Waals surface area contributed by atoms with Crippen molar-refractivity contribution in [1.82, 2.24) is 4.57 Å². The number of aryl methyl sites for hydroxylation is 2. The zero-order chi connectivity index (χ0) is 19.1. The summed E-state index contributed by atoms with van der Waals surface area (Å²) in [6.45, 7) is 4.57. The molecule has 138 valence electrons. The van der Waals surface area contributed by atoms with Crippen LogP contribution in [-0.2, 0) is 6.54 Å². The van der Waals surface area contributed by atoms with Crippen LogP contribution in [0.4, 0.5) is 5.69 Å². The van der Waals surface area contributed by atoms with Gasteiger partial charge in [-0.3, -0.25) is 9.59 Å². The van der Waals surface area contributed by atoms with Crippen molar-refractivity contribution < 1.29 is 4.79 Å². The van der Waals surface area contributed by atoms with E-state index < -0.39 is 0 Å². The third kappa shape index (κ3) is 3.05. The van der Waals surface area contributed by atoms with E-state index in [9.17, 15) is 9.59 Å². The number of amides is 1. The number of benzene rings is 2. The zero-order valence-corrected chi connectivity index (χ0v) is 16.0. The van der Waals surface area contributed by atoms with Gasteiger partial charge in [0.25, 0.3) is 11.5 Å². The number of anilines is 1. The Morgan fingerprint density at radius 3 is 2.56 bits per heavy atom. The average molecular weight is 360 g/mol. The molecule has 3 aromatic rings. The number of nitrogens with zero attached hydrogens (tertiary/aromatic N) is 2. The Labute approximate surface area is 159 Å². The summed E-state index contributed by atoms with van der Waals surface area (Å²) in [7, 11) is 1.81. The summed E-state index contributed by atoms with van der Waals surface area (Å²) < 4.78 is 1.80. The highest BCUT2D eigenvalue weighted by molar-refractivity contribution is 6.07. The number of carbonyl (C=O) groups excluding carboxylic acids is 1. The van der Waals surface area contributed by atoms with Gasteiger partial charge in [0, 0.05) is 36.3 Å². The molecule has 1 heterocycles. The van der Waals surface area contributed by atoms with Crippen molar-refractivity contribution in [2.75, 3.05) is 11.9 Å². The number of hydrogen-bond acceptors (Lipinski definition) is 2. The fourth-order valence-electron chi connectivity index (χ4n) is 3.78. The lowest BCUT2D eigenvalue weighted by molar-refractivity contribution is 0.0992. The average Bonchev–Trinajstić information content (AvgIpc) is 3.51. The Kier molecular flexibility index (Phi) is 4.34. The van der Waals surface area contributed by atoms with Crippen molar-refractivity contribution in [1.29, 1.82) is 0 Å². The van der Waals surface area contributed by atoms with E-state index in [1.807, 2.05) is 57.3 Å². The largest absolute Gasteiger partial charge is 0.311 e. The van der Waals surface area contributed by atoms with E-state index in [2.05, 4.69) is 6.07 Å². The Morgan fingerprint density at radius 1 is 1.15 bits per heavy atom. The molecule has 1 amide bonds. The summed E-state index contributed by atoms with van der Waals surface area (Å²) >= 11 is 0. The standard InChI is InChI=1S/C23H24N2O2/c1-4-25-21-12-11-17(13-20(21)19(14-22(25)26)16-9-10-16)24(3)23(27)18-8-6-5-7-15(18)2/h5-8,11-14,16H,4,9-10H2,1-3H3. The lowest BCUT2D eigenvalue weighted by Crippen LogP contribution is -2.27. The molecular weight excluding hydrogens is 336 g/mol. The second kappa shape index (κ2) is 6.69. The summed E-state index contributed by atoms with van der Waals surface area (Å²) in [5, 5.41) is 1.08. The normalized spacial score (nSPS) is 13.7. The van der Waals surface area contributed by atoms with Crippen LogP contribution in [0, 0.1) is 6.92 Å². The third-order valence-electron chi connectivity index (χ3n) is 5.53. The minimum Gasteiger partial charge on any atom is -0.311 e. The molecule has 1 fully saturated rings. The van der Waals surface area contributed by atoms with Crippen LogP contribution in [0.15, 0.2) is 53.3 Å². The van der Waals surface area contributed by atoms with E-state index in [-0.39, 0.29) is 11.5 Å². The van der Waals surface area contributed by atoms with Crippen LogP contribution < -0.4 is 10.5 Å². The summed E-state index contributed by atoms with van der Waals surface area (Å²) in [4.78, 5) is 27.1. The molecule has 2 aromatic carbocycles. The summed E-state index contributed by atoms with van der Waals surface area (Å²) in [5.41, 5.74) is 4.66. The highest BCUT2D eigenvalue weighted by atomic mass is 16.2. The van der Waals surface area contributed by atoms with Gasteiger partial charge in [-0.05, 0) is 68.0 Å². The smallest absolute Gasteiger partial charge is 0.258 e. The van der Waals surface area contributed by atoms with E-state index in [4.69, 9.17) is 0 Å². The number of aromatic nitrogens is 1. The van der Waals surface area contributed by atoms with E-state index in [1.54, 1.807) is 15.5 Å². The second-order valence-electron chi connectivity index (χ2n) is 7.34. The summed E-state index contributed by atoms with van der Waals surface area (Å²) in [6.07, 6.45) is 2.26. The maximum atomic E-state index is 13.0. The van der Waals surface area contributed by atoms with Gasteiger partial charge in [-0.25, -0.2) is 0 Å². The molecule has 0 aliphatic heterocycles. The minimum atomic E-state index is -0.0239. The number of carbonyl (C=O) groups is 1. The van der Waals surface area contributed by atoms with Crippen LogP contribution in [-0.4, -0.2) is 17.5 Å². The first kappa shape index (κ1) is 17.5. The van der Waals surface area contributed by atoms with Crippen molar-refractivity contribution in [2.45, 2.75) is 39.2 Å². The van der Waals surface area contributed by atoms with Crippen molar-refractivity contribution in [3.63, 3.8) is 0 Å². The van der Waals surface area contributed by atoms with E-state index in [0.29, 0.717) is 18.0 Å². The van der Waals surface area contributed by atoms with Crippen molar-refractivity contribution >= 4 is 22.5 Å². The first-order valence-corrected chi connectivity index (χ1v) is 9.52. The molecule has 0 bridgehead atoms. The molecular formula is C23H24N2O2. The molecule has 0 saturated heterocycles. The highest BCUT2D eigenvalue weighted by Gasteiger charge is 2.27.